The second-order valence-corrected chi connectivity index (χ2v) is 7.43. The summed E-state index contributed by atoms with van der Waals surface area (Å²) in [6, 6.07) is 4.50. The Bertz CT molecular complexity index is 659. The number of benzene rings is 1. The molecule has 0 radical (unpaired) electrons. The Labute approximate surface area is 144 Å². The van der Waals surface area contributed by atoms with E-state index in [1.165, 1.54) is 12.1 Å². The summed E-state index contributed by atoms with van der Waals surface area (Å²) < 4.78 is 72.8. The fourth-order valence-electron chi connectivity index (χ4n) is 2.64. The number of nitrogens with one attached hydrogen (secondary N) is 1. The summed E-state index contributed by atoms with van der Waals surface area (Å²) in [4.78, 5) is -0.604. The van der Waals surface area contributed by atoms with Gasteiger partial charge in [-0.2, -0.15) is 0 Å². The van der Waals surface area contributed by atoms with Crippen molar-refractivity contribution in [2.75, 3.05) is 19.8 Å². The van der Waals surface area contributed by atoms with Gasteiger partial charge in [-0.05, 0) is 37.3 Å². The molecule has 25 heavy (non-hydrogen) atoms. The third-order valence-electron chi connectivity index (χ3n) is 3.91. The van der Waals surface area contributed by atoms with Crippen molar-refractivity contribution in [1.29, 1.82) is 0 Å². The maximum atomic E-state index is 12.4. The van der Waals surface area contributed by atoms with Crippen molar-refractivity contribution in [1.82, 2.24) is 4.72 Å². The van der Waals surface area contributed by atoms with E-state index >= 15 is 0 Å². The van der Waals surface area contributed by atoms with Gasteiger partial charge >= 0.3 is 6.36 Å². The first-order valence-corrected chi connectivity index (χ1v) is 9.27. The molecule has 0 saturated carbocycles. The van der Waals surface area contributed by atoms with Gasteiger partial charge in [0.15, 0.2) is 0 Å². The third-order valence-corrected chi connectivity index (χ3v) is 5.41. The molecule has 0 spiro atoms. The molecule has 1 saturated heterocycles. The van der Waals surface area contributed by atoms with Crippen molar-refractivity contribution in [3.8, 4) is 5.75 Å². The molecule has 1 aliphatic heterocycles. The van der Waals surface area contributed by atoms with Crippen LogP contribution < -0.4 is 9.46 Å². The predicted molar refractivity (Wildman–Crippen MR) is 82.5 cm³/mol. The van der Waals surface area contributed by atoms with Gasteiger partial charge in [-0.15, -0.1) is 13.2 Å². The summed E-state index contributed by atoms with van der Waals surface area (Å²) >= 11 is 0. The topological polar surface area (TPSA) is 84.9 Å². The molecule has 142 valence electrons. The van der Waals surface area contributed by atoms with Crippen LogP contribution in [0.25, 0.3) is 0 Å². The first-order chi connectivity index (χ1) is 11.7. The van der Waals surface area contributed by atoms with Crippen molar-refractivity contribution in [2.45, 2.75) is 36.6 Å². The van der Waals surface area contributed by atoms with Crippen LogP contribution in [-0.2, 0) is 14.8 Å². The van der Waals surface area contributed by atoms with Gasteiger partial charge in [-0.3, -0.25) is 0 Å². The van der Waals surface area contributed by atoms with Crippen LogP contribution in [0.15, 0.2) is 29.2 Å². The summed E-state index contributed by atoms with van der Waals surface area (Å²) in [7, 11) is -4.20. The Hall–Kier alpha value is -1.36. The van der Waals surface area contributed by atoms with Gasteiger partial charge in [0.25, 0.3) is 0 Å². The van der Waals surface area contributed by atoms with Crippen LogP contribution in [0, 0.1) is 5.92 Å². The second kappa shape index (κ2) is 8.35. The Balaban J connectivity index is 1.97. The SMILES string of the molecule is O=S(=O)(NCC[C@@H](O)C1CCOCC1)c1ccccc1OC(F)(F)F. The molecule has 1 aromatic carbocycles. The number of alkyl halides is 3. The number of sulfonamides is 1. The smallest absolute Gasteiger partial charge is 0.404 e. The number of aliphatic hydroxyl groups is 1. The lowest BCUT2D eigenvalue weighted by molar-refractivity contribution is -0.275. The number of hydrogen-bond donors (Lipinski definition) is 2. The first-order valence-electron chi connectivity index (χ1n) is 7.79. The van der Waals surface area contributed by atoms with Crippen LogP contribution in [0.2, 0.25) is 0 Å². The van der Waals surface area contributed by atoms with Crippen molar-refractivity contribution in [3.05, 3.63) is 24.3 Å². The van der Waals surface area contributed by atoms with Crippen LogP contribution in [0.5, 0.6) is 5.75 Å². The number of halogens is 3. The normalized spacial score (nSPS) is 18.1. The maximum absolute atomic E-state index is 12.4. The summed E-state index contributed by atoms with van der Waals surface area (Å²) in [6.07, 6.45) is -4.16. The average Bonchev–Trinajstić information content (AvgIpc) is 2.54. The fraction of sp³-hybridized carbons (Fsp3) is 0.600. The average molecular weight is 383 g/mol. The number of hydrogen-bond acceptors (Lipinski definition) is 5. The zero-order valence-electron chi connectivity index (χ0n) is 13.3. The van der Waals surface area contributed by atoms with Crippen LogP contribution >= 0.6 is 0 Å². The number of rotatable bonds is 7. The summed E-state index contributed by atoms with van der Waals surface area (Å²) in [5, 5.41) is 10.1. The highest BCUT2D eigenvalue weighted by atomic mass is 32.2. The van der Waals surface area contributed by atoms with Gasteiger partial charge in [0.2, 0.25) is 10.0 Å². The highest BCUT2D eigenvalue weighted by molar-refractivity contribution is 7.89. The Morgan fingerprint density at radius 1 is 1.28 bits per heavy atom. The quantitative estimate of drug-likeness (QED) is 0.753. The van der Waals surface area contributed by atoms with E-state index in [-0.39, 0.29) is 18.9 Å². The lowest BCUT2D eigenvalue weighted by Gasteiger charge is -2.26. The lowest BCUT2D eigenvalue weighted by Crippen LogP contribution is -2.32. The van der Waals surface area contributed by atoms with Crippen molar-refractivity contribution < 1.29 is 36.2 Å². The third kappa shape index (κ3) is 6.14. The van der Waals surface area contributed by atoms with E-state index < -0.39 is 33.1 Å². The number of para-hydroxylation sites is 1. The van der Waals surface area contributed by atoms with E-state index in [1.807, 2.05) is 0 Å². The molecule has 0 unspecified atom stereocenters. The molecule has 2 N–H and O–H groups in total. The van der Waals surface area contributed by atoms with Crippen LogP contribution in [-0.4, -0.2) is 45.7 Å². The minimum atomic E-state index is -5.00. The highest BCUT2D eigenvalue weighted by Gasteiger charge is 2.34. The monoisotopic (exact) mass is 383 g/mol. The van der Waals surface area contributed by atoms with E-state index in [2.05, 4.69) is 9.46 Å². The van der Waals surface area contributed by atoms with Crippen molar-refractivity contribution >= 4 is 10.0 Å². The molecule has 1 heterocycles. The van der Waals surface area contributed by atoms with Crippen LogP contribution in [0.1, 0.15) is 19.3 Å². The first kappa shape index (κ1) is 20.0. The Kier molecular flexibility index (Phi) is 6.66. The van der Waals surface area contributed by atoms with E-state index in [9.17, 15) is 26.7 Å². The molecule has 1 aliphatic rings. The Morgan fingerprint density at radius 2 is 1.92 bits per heavy atom. The van der Waals surface area contributed by atoms with Gasteiger partial charge < -0.3 is 14.6 Å². The van der Waals surface area contributed by atoms with Crippen LogP contribution in [0.3, 0.4) is 0 Å². The predicted octanol–water partition coefficient (Wildman–Crippen LogP) is 2.04. The maximum Gasteiger partial charge on any atom is 0.573 e. The molecule has 10 heteroatoms. The van der Waals surface area contributed by atoms with Crippen LogP contribution in [0.4, 0.5) is 13.2 Å². The molecule has 1 fully saturated rings. The van der Waals surface area contributed by atoms with E-state index in [0.717, 1.165) is 12.1 Å². The number of ether oxygens (including phenoxy) is 2. The second-order valence-electron chi connectivity index (χ2n) is 5.70. The standard InChI is InChI=1S/C15H20F3NO5S/c16-15(17,18)24-13-3-1-2-4-14(13)25(21,22)19-8-5-12(20)11-6-9-23-10-7-11/h1-4,11-12,19-20H,5-10H2/t12-/m1/s1. The van der Waals surface area contributed by atoms with Gasteiger partial charge in [-0.1, -0.05) is 12.1 Å². The minimum absolute atomic E-state index is 0.0269. The summed E-state index contributed by atoms with van der Waals surface area (Å²) in [5.74, 6) is -0.772. The zero-order chi connectivity index (χ0) is 18.5. The summed E-state index contributed by atoms with van der Waals surface area (Å²) in [6.45, 7) is 1.01. The molecular weight excluding hydrogens is 363 g/mol. The highest BCUT2D eigenvalue weighted by Crippen LogP contribution is 2.29. The molecule has 0 aliphatic carbocycles. The largest absolute Gasteiger partial charge is 0.573 e. The van der Waals surface area contributed by atoms with E-state index in [1.54, 1.807) is 0 Å². The van der Waals surface area contributed by atoms with Crippen molar-refractivity contribution in [3.63, 3.8) is 0 Å². The molecule has 0 aromatic heterocycles. The van der Waals surface area contributed by atoms with Gasteiger partial charge in [-0.25, -0.2) is 13.1 Å². The molecule has 1 atom stereocenters. The lowest BCUT2D eigenvalue weighted by atomic mass is 9.92. The molecular formula is C15H20F3NO5S. The molecule has 6 nitrogen and oxygen atoms in total. The molecule has 0 amide bonds. The molecule has 2 rings (SSSR count). The minimum Gasteiger partial charge on any atom is -0.404 e. The number of aliphatic hydroxyl groups excluding tert-OH is 1. The van der Waals surface area contributed by atoms with Gasteiger partial charge in [0, 0.05) is 19.8 Å². The van der Waals surface area contributed by atoms with E-state index in [0.29, 0.717) is 26.1 Å². The fourth-order valence-corrected chi connectivity index (χ4v) is 3.81. The van der Waals surface area contributed by atoms with Gasteiger partial charge in [0.05, 0.1) is 6.10 Å². The Morgan fingerprint density at radius 3 is 2.56 bits per heavy atom. The van der Waals surface area contributed by atoms with Gasteiger partial charge in [0.1, 0.15) is 10.6 Å². The van der Waals surface area contributed by atoms with E-state index in [4.69, 9.17) is 4.74 Å². The summed E-state index contributed by atoms with van der Waals surface area (Å²) in [5.41, 5.74) is 0. The molecule has 0 bridgehead atoms. The molecule has 1 aromatic rings. The van der Waals surface area contributed by atoms with Crippen molar-refractivity contribution in [2.24, 2.45) is 5.92 Å². The zero-order valence-corrected chi connectivity index (χ0v) is 14.1.